The van der Waals surface area contributed by atoms with Crippen molar-refractivity contribution >= 4 is 0 Å². The summed E-state index contributed by atoms with van der Waals surface area (Å²) in [6.45, 7) is 2.19. The summed E-state index contributed by atoms with van der Waals surface area (Å²) in [6, 6.07) is 9.95. The first kappa shape index (κ1) is 23.4. The number of ether oxygens (including phenoxy) is 2. The highest BCUT2D eigenvalue weighted by molar-refractivity contribution is 5.81. The Morgan fingerprint density at radius 3 is 2.50 bits per heavy atom. The van der Waals surface area contributed by atoms with E-state index in [4.69, 9.17) is 14.7 Å². The predicted octanol–water partition coefficient (Wildman–Crippen LogP) is 3.65. The van der Waals surface area contributed by atoms with Crippen molar-refractivity contribution in [1.82, 2.24) is 14.9 Å². The van der Waals surface area contributed by atoms with Crippen LogP contribution in [0.2, 0.25) is 0 Å². The maximum atomic E-state index is 14.5. The smallest absolute Gasteiger partial charge is 0.299 e. The van der Waals surface area contributed by atoms with Crippen molar-refractivity contribution in [3.05, 3.63) is 63.9 Å². The van der Waals surface area contributed by atoms with Gasteiger partial charge < -0.3 is 14.8 Å². The number of piperidine rings is 1. The van der Waals surface area contributed by atoms with Crippen LogP contribution < -0.4 is 20.3 Å². The van der Waals surface area contributed by atoms with Crippen molar-refractivity contribution in [1.29, 1.82) is 5.26 Å². The Balaban J connectivity index is 1.85. The second kappa shape index (κ2) is 10.0. The normalized spacial score (nSPS) is 14.0. The minimum Gasteiger partial charge on any atom is -0.494 e. The third-order valence-corrected chi connectivity index (χ3v) is 5.96. The first-order chi connectivity index (χ1) is 16.4. The molecule has 1 aliphatic heterocycles. The van der Waals surface area contributed by atoms with E-state index in [0.29, 0.717) is 12.5 Å². The summed E-state index contributed by atoms with van der Waals surface area (Å²) in [5, 5.41) is 12.4. The lowest BCUT2D eigenvalue weighted by Crippen LogP contribution is -2.31. The molecular weight excluding hydrogens is 442 g/mol. The molecule has 2 aromatic carbocycles. The maximum Gasteiger partial charge on any atom is 0.299 e. The molecule has 1 saturated heterocycles. The number of hydrogen-bond acceptors (Lipinski definition) is 6. The average Bonchev–Trinajstić information content (AvgIpc) is 2.85. The van der Waals surface area contributed by atoms with Crippen LogP contribution in [0.5, 0.6) is 11.8 Å². The second-order valence-corrected chi connectivity index (χ2v) is 8.14. The fourth-order valence-corrected chi connectivity index (χ4v) is 4.00. The lowest BCUT2D eigenvalue weighted by molar-refractivity contribution is 0.195. The fourth-order valence-electron chi connectivity index (χ4n) is 4.00. The van der Waals surface area contributed by atoms with Gasteiger partial charge >= 0.3 is 0 Å². The van der Waals surface area contributed by atoms with Gasteiger partial charge in [0.05, 0.1) is 30.5 Å². The van der Waals surface area contributed by atoms with Crippen LogP contribution in [0.15, 0.2) is 41.2 Å². The summed E-state index contributed by atoms with van der Waals surface area (Å²) in [5.74, 6) is -1.04. The molecule has 0 aliphatic carbocycles. The molecular formula is C25H24F2N4O3. The molecule has 0 saturated carbocycles. The van der Waals surface area contributed by atoms with Crippen LogP contribution in [0.1, 0.15) is 18.4 Å². The van der Waals surface area contributed by atoms with Crippen LogP contribution in [-0.4, -0.2) is 36.4 Å². The SMILES string of the molecule is COc1ccc(-c2c(-c3ccc(C#N)c(F)c3)nc(OCC3CCNCC3)n(C)c2=O)cc1F. The van der Waals surface area contributed by atoms with Gasteiger partial charge in [0.25, 0.3) is 11.6 Å². The Bertz CT molecular complexity index is 1310. The number of rotatable bonds is 6. The van der Waals surface area contributed by atoms with Crippen LogP contribution in [0.3, 0.4) is 0 Å². The molecule has 0 spiro atoms. The van der Waals surface area contributed by atoms with Gasteiger partial charge in [-0.05, 0) is 61.7 Å². The summed E-state index contributed by atoms with van der Waals surface area (Å²) in [6.07, 6.45) is 1.90. The topological polar surface area (TPSA) is 89.2 Å². The molecule has 1 fully saturated rings. The zero-order valence-corrected chi connectivity index (χ0v) is 18.9. The molecule has 9 heteroatoms. The number of halogens is 2. The summed E-state index contributed by atoms with van der Waals surface area (Å²) >= 11 is 0. The van der Waals surface area contributed by atoms with Crippen molar-refractivity contribution in [2.75, 3.05) is 26.8 Å². The standard InChI is InChI=1S/C25H24F2N4O3/c1-31-24(32)22(16-5-6-21(33-2)20(27)11-16)23(17-3-4-18(13-28)19(26)12-17)30-25(31)34-14-15-7-9-29-10-8-15/h3-6,11-12,15,29H,7-10,14H2,1-2H3. The van der Waals surface area contributed by atoms with E-state index in [1.165, 1.54) is 43.0 Å². The number of hydrogen-bond donors (Lipinski definition) is 1. The van der Waals surface area contributed by atoms with Gasteiger partial charge in [0.2, 0.25) is 0 Å². The van der Waals surface area contributed by atoms with E-state index in [1.807, 2.05) is 0 Å². The highest BCUT2D eigenvalue weighted by Crippen LogP contribution is 2.32. The Morgan fingerprint density at radius 2 is 1.85 bits per heavy atom. The number of benzene rings is 2. The van der Waals surface area contributed by atoms with Gasteiger partial charge in [-0.2, -0.15) is 10.2 Å². The van der Waals surface area contributed by atoms with E-state index < -0.39 is 17.2 Å². The molecule has 7 nitrogen and oxygen atoms in total. The van der Waals surface area contributed by atoms with Crippen molar-refractivity contribution in [2.45, 2.75) is 12.8 Å². The Hall–Kier alpha value is -3.77. The van der Waals surface area contributed by atoms with Gasteiger partial charge in [-0.1, -0.05) is 12.1 Å². The molecule has 4 rings (SSSR count). The van der Waals surface area contributed by atoms with Gasteiger partial charge in [0.15, 0.2) is 11.6 Å². The molecule has 1 aromatic heterocycles. The molecule has 0 unspecified atom stereocenters. The highest BCUT2D eigenvalue weighted by atomic mass is 19.1. The van der Waals surface area contributed by atoms with Crippen LogP contribution >= 0.6 is 0 Å². The number of aromatic nitrogens is 2. The lowest BCUT2D eigenvalue weighted by Gasteiger charge is -2.23. The van der Waals surface area contributed by atoms with E-state index in [1.54, 1.807) is 12.1 Å². The molecule has 0 amide bonds. The zero-order valence-electron chi connectivity index (χ0n) is 18.9. The Labute approximate surface area is 195 Å². The van der Waals surface area contributed by atoms with Gasteiger partial charge in [-0.25, -0.2) is 8.78 Å². The molecule has 0 atom stereocenters. The molecule has 1 aliphatic rings. The predicted molar refractivity (Wildman–Crippen MR) is 123 cm³/mol. The van der Waals surface area contributed by atoms with Crippen molar-refractivity contribution < 1.29 is 18.3 Å². The van der Waals surface area contributed by atoms with Crippen LogP contribution in [0.4, 0.5) is 8.78 Å². The quantitative estimate of drug-likeness (QED) is 0.597. The second-order valence-electron chi connectivity index (χ2n) is 8.14. The lowest BCUT2D eigenvalue weighted by atomic mass is 9.99. The van der Waals surface area contributed by atoms with Crippen LogP contribution in [0.25, 0.3) is 22.4 Å². The highest BCUT2D eigenvalue weighted by Gasteiger charge is 2.22. The Kier molecular flexibility index (Phi) is 6.89. The summed E-state index contributed by atoms with van der Waals surface area (Å²) in [4.78, 5) is 18.0. The maximum absolute atomic E-state index is 14.5. The monoisotopic (exact) mass is 466 g/mol. The average molecular weight is 466 g/mol. The van der Waals surface area contributed by atoms with E-state index in [2.05, 4.69) is 10.3 Å². The summed E-state index contributed by atoms with van der Waals surface area (Å²) < 4.78 is 41.1. The van der Waals surface area contributed by atoms with E-state index >= 15 is 0 Å². The van der Waals surface area contributed by atoms with Crippen molar-refractivity contribution in [3.63, 3.8) is 0 Å². The summed E-state index contributed by atoms with van der Waals surface area (Å²) in [5.41, 5.74) is 0.147. The molecule has 2 heterocycles. The van der Waals surface area contributed by atoms with Gasteiger partial charge in [-0.15, -0.1) is 0 Å². The number of methoxy groups -OCH3 is 1. The van der Waals surface area contributed by atoms with Crippen LogP contribution in [-0.2, 0) is 7.05 Å². The Morgan fingerprint density at radius 1 is 1.15 bits per heavy atom. The fraction of sp³-hybridized carbons (Fsp3) is 0.320. The molecule has 3 aromatic rings. The molecule has 176 valence electrons. The number of nitriles is 1. The van der Waals surface area contributed by atoms with E-state index in [0.717, 1.165) is 32.0 Å². The number of nitrogens with one attached hydrogen (secondary N) is 1. The minimum absolute atomic E-state index is 0.0291. The van der Waals surface area contributed by atoms with Gasteiger partial charge in [-0.3, -0.25) is 9.36 Å². The zero-order chi connectivity index (χ0) is 24.2. The van der Waals surface area contributed by atoms with Crippen molar-refractivity contribution in [2.24, 2.45) is 13.0 Å². The van der Waals surface area contributed by atoms with Gasteiger partial charge in [0, 0.05) is 12.6 Å². The minimum atomic E-state index is -0.744. The van der Waals surface area contributed by atoms with E-state index in [9.17, 15) is 13.6 Å². The molecule has 0 radical (unpaired) electrons. The third kappa shape index (κ3) is 4.63. The van der Waals surface area contributed by atoms with Gasteiger partial charge in [0.1, 0.15) is 11.9 Å². The largest absolute Gasteiger partial charge is 0.494 e. The molecule has 34 heavy (non-hydrogen) atoms. The number of nitrogens with zero attached hydrogens (tertiary/aromatic N) is 3. The third-order valence-electron chi connectivity index (χ3n) is 5.96. The molecule has 0 bridgehead atoms. The molecule has 1 N–H and O–H groups in total. The van der Waals surface area contributed by atoms with Crippen molar-refractivity contribution in [3.8, 4) is 40.2 Å². The summed E-state index contributed by atoms with van der Waals surface area (Å²) in [7, 11) is 2.87. The first-order valence-electron chi connectivity index (χ1n) is 10.9. The first-order valence-corrected chi connectivity index (χ1v) is 10.9. The van der Waals surface area contributed by atoms with Crippen LogP contribution in [0, 0.1) is 28.9 Å². The van der Waals surface area contributed by atoms with E-state index in [-0.39, 0.29) is 39.7 Å².